The summed E-state index contributed by atoms with van der Waals surface area (Å²) in [6, 6.07) is 1.38. The Kier molecular flexibility index (Phi) is 3.54. The Bertz CT molecular complexity index is 362. The highest BCUT2D eigenvalue weighted by Gasteiger charge is 2.49. The van der Waals surface area contributed by atoms with E-state index in [-0.39, 0.29) is 5.69 Å². The van der Waals surface area contributed by atoms with E-state index in [1.54, 1.807) is 0 Å². The number of aromatic nitrogens is 1. The van der Waals surface area contributed by atoms with Crippen molar-refractivity contribution in [3.8, 4) is 0 Å². The molecule has 0 saturated carbocycles. The van der Waals surface area contributed by atoms with Crippen LogP contribution in [0.1, 0.15) is 17.4 Å². The second kappa shape index (κ2) is 4.38. The Morgan fingerprint density at radius 1 is 1.62 bits per heavy atom. The number of rotatable bonds is 3. The summed E-state index contributed by atoms with van der Waals surface area (Å²) in [5.74, 6) is -0.745. The predicted molar refractivity (Wildman–Crippen MR) is 51.1 cm³/mol. The SMILES string of the molecule is CC(O)(CNC(=O)c1ccsn1)C(F)(F)F. The number of aliphatic hydroxyl groups is 1. The van der Waals surface area contributed by atoms with Gasteiger partial charge in [-0.05, 0) is 24.5 Å². The lowest BCUT2D eigenvalue weighted by Crippen LogP contribution is -2.51. The number of alkyl halides is 3. The highest BCUT2D eigenvalue weighted by atomic mass is 32.1. The molecule has 4 nitrogen and oxygen atoms in total. The van der Waals surface area contributed by atoms with Crippen molar-refractivity contribution < 1.29 is 23.1 Å². The van der Waals surface area contributed by atoms with Crippen LogP contribution in [0.25, 0.3) is 0 Å². The number of amides is 1. The highest BCUT2D eigenvalue weighted by molar-refractivity contribution is 7.03. The highest BCUT2D eigenvalue weighted by Crippen LogP contribution is 2.29. The van der Waals surface area contributed by atoms with Crippen molar-refractivity contribution in [1.82, 2.24) is 9.69 Å². The molecule has 90 valence electrons. The second-order valence-electron chi connectivity index (χ2n) is 3.34. The van der Waals surface area contributed by atoms with Crippen molar-refractivity contribution in [2.75, 3.05) is 6.54 Å². The van der Waals surface area contributed by atoms with Crippen molar-refractivity contribution in [3.63, 3.8) is 0 Å². The number of hydrogen-bond acceptors (Lipinski definition) is 4. The molecule has 8 heteroatoms. The molecular formula is C8H9F3N2O2S. The Morgan fingerprint density at radius 3 is 2.69 bits per heavy atom. The van der Waals surface area contributed by atoms with Gasteiger partial charge >= 0.3 is 6.18 Å². The summed E-state index contributed by atoms with van der Waals surface area (Å²) in [5.41, 5.74) is -2.92. The van der Waals surface area contributed by atoms with E-state index in [4.69, 9.17) is 5.11 Å². The van der Waals surface area contributed by atoms with Crippen LogP contribution in [0.5, 0.6) is 0 Å². The lowest BCUT2D eigenvalue weighted by atomic mass is 10.1. The molecule has 1 heterocycles. The summed E-state index contributed by atoms with van der Waals surface area (Å²) < 4.78 is 40.3. The maximum absolute atomic E-state index is 12.2. The standard InChI is InChI=1S/C8H9F3N2O2S/c1-7(15,8(9,10)11)4-12-6(14)5-2-3-16-13-5/h2-3,15H,4H2,1H3,(H,12,14). The van der Waals surface area contributed by atoms with Gasteiger partial charge in [0.2, 0.25) is 0 Å². The van der Waals surface area contributed by atoms with Crippen LogP contribution in [0.4, 0.5) is 13.2 Å². The van der Waals surface area contributed by atoms with E-state index >= 15 is 0 Å². The molecule has 0 aromatic carbocycles. The average Bonchev–Trinajstić information content (AvgIpc) is 2.65. The fourth-order valence-electron chi connectivity index (χ4n) is 0.773. The Labute approximate surface area is 93.3 Å². The molecule has 0 aliphatic carbocycles. The van der Waals surface area contributed by atoms with Gasteiger partial charge in [-0.15, -0.1) is 0 Å². The molecule has 0 saturated heterocycles. The zero-order chi connectivity index (χ0) is 12.4. The molecule has 0 aliphatic rings. The zero-order valence-electron chi connectivity index (χ0n) is 8.21. The Hall–Kier alpha value is -1.15. The van der Waals surface area contributed by atoms with E-state index in [0.29, 0.717) is 6.92 Å². The van der Waals surface area contributed by atoms with Gasteiger partial charge in [-0.1, -0.05) is 0 Å². The summed E-state index contributed by atoms with van der Waals surface area (Å²) in [4.78, 5) is 11.2. The quantitative estimate of drug-likeness (QED) is 0.851. The van der Waals surface area contributed by atoms with Gasteiger partial charge < -0.3 is 10.4 Å². The molecule has 1 atom stereocenters. The molecule has 0 aliphatic heterocycles. The fraction of sp³-hybridized carbons (Fsp3) is 0.500. The van der Waals surface area contributed by atoms with Crippen LogP contribution in [-0.2, 0) is 0 Å². The molecule has 0 bridgehead atoms. The van der Waals surface area contributed by atoms with Gasteiger partial charge in [-0.3, -0.25) is 4.79 Å². The molecular weight excluding hydrogens is 245 g/mol. The molecule has 1 rings (SSSR count). The summed E-state index contributed by atoms with van der Waals surface area (Å²) in [6.07, 6.45) is -4.79. The first-order chi connectivity index (χ1) is 7.24. The average molecular weight is 254 g/mol. The van der Waals surface area contributed by atoms with Crippen LogP contribution >= 0.6 is 11.5 Å². The monoisotopic (exact) mass is 254 g/mol. The first kappa shape index (κ1) is 12.9. The first-order valence-corrected chi connectivity index (χ1v) is 5.05. The molecule has 0 spiro atoms. The molecule has 1 amide bonds. The Balaban J connectivity index is 2.56. The van der Waals surface area contributed by atoms with E-state index in [1.807, 2.05) is 5.32 Å². The number of hydrogen-bond donors (Lipinski definition) is 2. The smallest absolute Gasteiger partial charge is 0.379 e. The maximum atomic E-state index is 12.2. The first-order valence-electron chi connectivity index (χ1n) is 4.22. The molecule has 1 aromatic rings. The summed E-state index contributed by atoms with van der Waals surface area (Å²) in [6.45, 7) is -0.318. The molecule has 2 N–H and O–H groups in total. The van der Waals surface area contributed by atoms with Gasteiger partial charge in [-0.25, -0.2) is 0 Å². The van der Waals surface area contributed by atoms with Crippen LogP contribution < -0.4 is 5.32 Å². The Morgan fingerprint density at radius 2 is 2.25 bits per heavy atom. The third-order valence-electron chi connectivity index (χ3n) is 1.87. The van der Waals surface area contributed by atoms with Crippen molar-refractivity contribution >= 4 is 17.4 Å². The van der Waals surface area contributed by atoms with Gasteiger partial charge in [0.05, 0.1) is 6.54 Å². The molecule has 0 radical (unpaired) electrons. The van der Waals surface area contributed by atoms with Crippen LogP contribution in [-0.4, -0.2) is 33.7 Å². The van der Waals surface area contributed by atoms with Gasteiger partial charge in [-0.2, -0.15) is 17.5 Å². The van der Waals surface area contributed by atoms with Crippen molar-refractivity contribution in [2.24, 2.45) is 0 Å². The lowest BCUT2D eigenvalue weighted by molar-refractivity contribution is -0.249. The van der Waals surface area contributed by atoms with E-state index in [0.717, 1.165) is 11.5 Å². The van der Waals surface area contributed by atoms with Gasteiger partial charge in [0.15, 0.2) is 5.60 Å². The normalized spacial score (nSPS) is 15.6. The van der Waals surface area contributed by atoms with Gasteiger partial charge in [0, 0.05) is 5.38 Å². The number of nitrogens with zero attached hydrogens (tertiary/aromatic N) is 1. The zero-order valence-corrected chi connectivity index (χ0v) is 9.02. The van der Waals surface area contributed by atoms with Crippen LogP contribution in [0, 0.1) is 0 Å². The topological polar surface area (TPSA) is 62.2 Å². The van der Waals surface area contributed by atoms with E-state index in [9.17, 15) is 18.0 Å². The fourth-order valence-corrected chi connectivity index (χ4v) is 1.28. The largest absolute Gasteiger partial charge is 0.418 e. The molecule has 1 aromatic heterocycles. The van der Waals surface area contributed by atoms with Crippen LogP contribution in [0.2, 0.25) is 0 Å². The number of carbonyl (C=O) groups is 1. The minimum Gasteiger partial charge on any atom is -0.379 e. The minimum atomic E-state index is -4.79. The molecule has 1 unspecified atom stereocenters. The van der Waals surface area contributed by atoms with E-state index < -0.39 is 24.2 Å². The van der Waals surface area contributed by atoms with Crippen LogP contribution in [0.15, 0.2) is 11.4 Å². The van der Waals surface area contributed by atoms with E-state index in [2.05, 4.69) is 4.37 Å². The lowest BCUT2D eigenvalue weighted by Gasteiger charge is -2.26. The van der Waals surface area contributed by atoms with Crippen molar-refractivity contribution in [3.05, 3.63) is 17.1 Å². The van der Waals surface area contributed by atoms with Gasteiger partial charge in [0.1, 0.15) is 5.69 Å². The summed E-state index contributed by atoms with van der Waals surface area (Å²) >= 11 is 1.01. The maximum Gasteiger partial charge on any atom is 0.418 e. The minimum absolute atomic E-state index is 0.0305. The third kappa shape index (κ3) is 2.92. The summed E-state index contributed by atoms with van der Waals surface area (Å²) in [5, 5.41) is 12.5. The van der Waals surface area contributed by atoms with Crippen LogP contribution in [0.3, 0.4) is 0 Å². The predicted octanol–water partition coefficient (Wildman–Crippen LogP) is 1.19. The summed E-state index contributed by atoms with van der Waals surface area (Å²) in [7, 11) is 0. The third-order valence-corrected chi connectivity index (χ3v) is 2.43. The van der Waals surface area contributed by atoms with Gasteiger partial charge in [0.25, 0.3) is 5.91 Å². The number of carbonyl (C=O) groups excluding carboxylic acids is 1. The number of nitrogens with one attached hydrogen (secondary N) is 1. The molecule has 16 heavy (non-hydrogen) atoms. The van der Waals surface area contributed by atoms with E-state index in [1.165, 1.54) is 11.4 Å². The second-order valence-corrected chi connectivity index (χ2v) is 4.00. The van der Waals surface area contributed by atoms with Crippen molar-refractivity contribution in [2.45, 2.75) is 18.7 Å². The number of halogens is 3. The molecule has 0 fully saturated rings. The van der Waals surface area contributed by atoms with Crippen molar-refractivity contribution in [1.29, 1.82) is 0 Å².